The minimum atomic E-state index is 0.216. The molecule has 4 aromatic carbocycles. The molecule has 0 saturated heterocycles. The average Bonchev–Trinajstić information content (AvgIpc) is 2.61. The maximum Gasteiger partial charge on any atom is 0.167 e. The Kier molecular flexibility index (Phi) is 2.48. The number of ketones is 1. The summed E-state index contributed by atoms with van der Waals surface area (Å²) in [4.78, 5) is 12.4. The zero-order valence-corrected chi connectivity index (χ0v) is 12.5. The lowest BCUT2D eigenvalue weighted by Gasteiger charge is -2.14. The summed E-state index contributed by atoms with van der Waals surface area (Å²) in [7, 11) is 0. The minimum absolute atomic E-state index is 0.216. The van der Waals surface area contributed by atoms with Crippen LogP contribution in [0, 0.1) is 0 Å². The van der Waals surface area contributed by atoms with Gasteiger partial charge in [0.15, 0.2) is 5.78 Å². The van der Waals surface area contributed by atoms with Crippen molar-refractivity contribution in [2.75, 3.05) is 0 Å². The van der Waals surface area contributed by atoms with Crippen LogP contribution >= 0.6 is 0 Å². The molecule has 1 aliphatic rings. The molecule has 108 valence electrons. The first-order valence-electron chi connectivity index (χ1n) is 7.90. The second kappa shape index (κ2) is 4.53. The SMILES string of the molecule is O=C1CC=Cc2ccc3c(ccc4c5ccccc5ccc34)c21. The van der Waals surface area contributed by atoms with Crippen molar-refractivity contribution in [3.63, 3.8) is 0 Å². The number of hydrogen-bond donors (Lipinski definition) is 0. The number of carbonyl (C=O) groups is 1. The summed E-state index contributed by atoms with van der Waals surface area (Å²) in [6, 6.07) is 21.3. The molecule has 0 bridgehead atoms. The molecule has 0 amide bonds. The topological polar surface area (TPSA) is 17.1 Å². The summed E-state index contributed by atoms with van der Waals surface area (Å²) in [6.45, 7) is 0. The van der Waals surface area contributed by atoms with Crippen molar-refractivity contribution in [2.45, 2.75) is 6.42 Å². The van der Waals surface area contributed by atoms with E-state index in [9.17, 15) is 4.79 Å². The molecule has 0 fully saturated rings. The number of rotatable bonds is 0. The molecule has 0 spiro atoms. The summed E-state index contributed by atoms with van der Waals surface area (Å²) in [5.74, 6) is 0.216. The van der Waals surface area contributed by atoms with Gasteiger partial charge in [-0.2, -0.15) is 0 Å². The molecule has 5 rings (SSSR count). The van der Waals surface area contributed by atoms with E-state index in [0.717, 1.165) is 21.9 Å². The minimum Gasteiger partial charge on any atom is -0.294 e. The van der Waals surface area contributed by atoms with Crippen LogP contribution in [0.2, 0.25) is 0 Å². The van der Waals surface area contributed by atoms with Crippen LogP contribution < -0.4 is 0 Å². The van der Waals surface area contributed by atoms with E-state index in [1.54, 1.807) is 0 Å². The van der Waals surface area contributed by atoms with Gasteiger partial charge in [-0.15, -0.1) is 0 Å². The molecule has 0 unspecified atom stereocenters. The van der Waals surface area contributed by atoms with Crippen molar-refractivity contribution < 1.29 is 4.79 Å². The van der Waals surface area contributed by atoms with E-state index < -0.39 is 0 Å². The highest BCUT2D eigenvalue weighted by molar-refractivity contribution is 6.22. The number of benzene rings is 4. The van der Waals surface area contributed by atoms with Crippen molar-refractivity contribution in [1.29, 1.82) is 0 Å². The van der Waals surface area contributed by atoms with Gasteiger partial charge < -0.3 is 0 Å². The van der Waals surface area contributed by atoms with Crippen LogP contribution in [0.5, 0.6) is 0 Å². The molecule has 0 aromatic heterocycles. The molecule has 0 heterocycles. The highest BCUT2D eigenvalue weighted by Gasteiger charge is 2.17. The summed E-state index contributed by atoms with van der Waals surface area (Å²) < 4.78 is 0. The van der Waals surface area contributed by atoms with Crippen molar-refractivity contribution in [3.8, 4) is 0 Å². The van der Waals surface area contributed by atoms with Gasteiger partial charge in [0, 0.05) is 12.0 Å². The van der Waals surface area contributed by atoms with Gasteiger partial charge in [0.1, 0.15) is 0 Å². The third-order valence-electron chi connectivity index (χ3n) is 4.83. The van der Waals surface area contributed by atoms with E-state index in [4.69, 9.17) is 0 Å². The van der Waals surface area contributed by atoms with Crippen molar-refractivity contribution >= 4 is 44.2 Å². The Morgan fingerprint density at radius 1 is 0.652 bits per heavy atom. The maximum absolute atomic E-state index is 12.4. The third-order valence-corrected chi connectivity index (χ3v) is 4.83. The Balaban J connectivity index is 1.98. The fraction of sp³-hybridized carbons (Fsp3) is 0.0455. The van der Waals surface area contributed by atoms with Crippen molar-refractivity contribution in [1.82, 2.24) is 0 Å². The Morgan fingerprint density at radius 2 is 1.35 bits per heavy atom. The monoisotopic (exact) mass is 294 g/mol. The first-order chi connectivity index (χ1) is 11.3. The van der Waals surface area contributed by atoms with Crippen molar-refractivity contribution in [2.24, 2.45) is 0 Å². The molecule has 0 aliphatic heterocycles. The number of carbonyl (C=O) groups excluding carboxylic acids is 1. The van der Waals surface area contributed by atoms with E-state index in [-0.39, 0.29) is 5.78 Å². The predicted octanol–water partition coefficient (Wildman–Crippen LogP) is 5.75. The van der Waals surface area contributed by atoms with Gasteiger partial charge in [-0.25, -0.2) is 0 Å². The molecule has 4 aromatic rings. The smallest absolute Gasteiger partial charge is 0.167 e. The van der Waals surface area contributed by atoms with Gasteiger partial charge >= 0.3 is 0 Å². The van der Waals surface area contributed by atoms with E-state index in [2.05, 4.69) is 66.7 Å². The number of fused-ring (bicyclic) bond motifs is 7. The highest BCUT2D eigenvalue weighted by Crippen LogP contribution is 2.35. The Morgan fingerprint density at radius 3 is 2.30 bits per heavy atom. The van der Waals surface area contributed by atoms with Crippen LogP contribution in [0.15, 0.2) is 66.7 Å². The molecule has 1 nitrogen and oxygen atoms in total. The normalized spacial score (nSPS) is 13.8. The third kappa shape index (κ3) is 1.71. The molecule has 0 N–H and O–H groups in total. The molecule has 1 heteroatoms. The second-order valence-corrected chi connectivity index (χ2v) is 6.10. The fourth-order valence-electron chi connectivity index (χ4n) is 3.77. The summed E-state index contributed by atoms with van der Waals surface area (Å²) in [5, 5.41) is 7.20. The molecule has 0 saturated carbocycles. The maximum atomic E-state index is 12.4. The summed E-state index contributed by atoms with van der Waals surface area (Å²) >= 11 is 0. The lowest BCUT2D eigenvalue weighted by atomic mass is 9.88. The number of Topliss-reactive ketones (excluding diaryl/α,β-unsaturated/α-hetero) is 1. The largest absolute Gasteiger partial charge is 0.294 e. The van der Waals surface area contributed by atoms with Gasteiger partial charge in [0.25, 0.3) is 0 Å². The number of hydrogen-bond acceptors (Lipinski definition) is 1. The van der Waals surface area contributed by atoms with Crippen molar-refractivity contribution in [3.05, 3.63) is 77.9 Å². The molecular formula is C22H14O. The molecular weight excluding hydrogens is 280 g/mol. The summed E-state index contributed by atoms with van der Waals surface area (Å²) in [5.41, 5.74) is 1.91. The van der Waals surface area contributed by atoms with Crippen LogP contribution in [-0.2, 0) is 0 Å². The van der Waals surface area contributed by atoms with Gasteiger partial charge in [0.2, 0.25) is 0 Å². The van der Waals surface area contributed by atoms with Crippen LogP contribution in [0.4, 0.5) is 0 Å². The van der Waals surface area contributed by atoms with E-state index in [1.807, 2.05) is 6.08 Å². The fourth-order valence-corrected chi connectivity index (χ4v) is 3.77. The lowest BCUT2D eigenvalue weighted by molar-refractivity contribution is 0.0996. The highest BCUT2D eigenvalue weighted by atomic mass is 16.1. The van der Waals surface area contributed by atoms with E-state index in [1.165, 1.54) is 21.5 Å². The molecule has 1 aliphatic carbocycles. The van der Waals surface area contributed by atoms with Gasteiger partial charge in [0.05, 0.1) is 0 Å². The van der Waals surface area contributed by atoms with Crippen LogP contribution in [0.3, 0.4) is 0 Å². The zero-order valence-electron chi connectivity index (χ0n) is 12.5. The van der Waals surface area contributed by atoms with Gasteiger partial charge in [-0.05, 0) is 37.9 Å². The zero-order chi connectivity index (χ0) is 15.4. The number of allylic oxidation sites excluding steroid dienone is 1. The standard InChI is InChI=1S/C22H14O/c23-21-7-3-5-15-9-11-19-18-10-8-14-4-1-2-6-16(14)17(18)12-13-20(19)22(15)21/h1-6,8-13H,7H2. The summed E-state index contributed by atoms with van der Waals surface area (Å²) in [6.07, 6.45) is 4.51. The van der Waals surface area contributed by atoms with E-state index in [0.29, 0.717) is 6.42 Å². The average molecular weight is 294 g/mol. The van der Waals surface area contributed by atoms with Crippen LogP contribution in [0.1, 0.15) is 22.3 Å². The first kappa shape index (κ1) is 12.6. The lowest BCUT2D eigenvalue weighted by Crippen LogP contribution is -2.05. The Bertz CT molecular complexity index is 1150. The Labute approximate surface area is 133 Å². The van der Waals surface area contributed by atoms with E-state index >= 15 is 0 Å². The molecule has 0 atom stereocenters. The van der Waals surface area contributed by atoms with Crippen LogP contribution in [-0.4, -0.2) is 5.78 Å². The van der Waals surface area contributed by atoms with Crippen LogP contribution in [0.25, 0.3) is 38.4 Å². The second-order valence-electron chi connectivity index (χ2n) is 6.10. The molecule has 23 heavy (non-hydrogen) atoms. The van der Waals surface area contributed by atoms with Gasteiger partial charge in [-0.1, -0.05) is 72.8 Å². The molecule has 0 radical (unpaired) electrons. The predicted molar refractivity (Wildman–Crippen MR) is 96.9 cm³/mol. The Hall–Kier alpha value is -2.93. The first-order valence-corrected chi connectivity index (χ1v) is 7.90. The van der Waals surface area contributed by atoms with Gasteiger partial charge in [-0.3, -0.25) is 4.79 Å². The quantitative estimate of drug-likeness (QED) is 0.378.